The van der Waals surface area contributed by atoms with Crippen molar-refractivity contribution in [2.24, 2.45) is 0 Å². The van der Waals surface area contributed by atoms with Crippen LogP contribution >= 0.6 is 11.5 Å². The number of carbonyl (C=O) groups excluding carboxylic acids is 2. The predicted octanol–water partition coefficient (Wildman–Crippen LogP) is 3.47. The van der Waals surface area contributed by atoms with E-state index in [2.05, 4.69) is 33.6 Å². The molecular weight excluding hydrogens is 422 g/mol. The molecule has 1 atom stereocenters. The van der Waals surface area contributed by atoms with Gasteiger partial charge in [-0.1, -0.05) is 42.6 Å². The molecular formula is C24H27N5O2S. The number of aryl methyl sites for hydroxylation is 1. The molecule has 0 aliphatic carbocycles. The van der Waals surface area contributed by atoms with E-state index in [0.29, 0.717) is 43.0 Å². The molecule has 2 amide bonds. The zero-order chi connectivity index (χ0) is 22.5. The van der Waals surface area contributed by atoms with Crippen molar-refractivity contribution in [2.75, 3.05) is 19.6 Å². The van der Waals surface area contributed by atoms with Crippen molar-refractivity contribution in [3.8, 4) is 11.1 Å². The number of piperazine rings is 1. The lowest BCUT2D eigenvalue weighted by Gasteiger charge is -2.40. The summed E-state index contributed by atoms with van der Waals surface area (Å²) in [5.41, 5.74) is 3.91. The van der Waals surface area contributed by atoms with Gasteiger partial charge in [0.25, 0.3) is 5.91 Å². The number of hydrogen-bond acceptors (Lipinski definition) is 6. The van der Waals surface area contributed by atoms with Crippen molar-refractivity contribution >= 4 is 23.3 Å². The van der Waals surface area contributed by atoms with Crippen LogP contribution in [0.2, 0.25) is 0 Å². The second-order valence-electron chi connectivity index (χ2n) is 7.88. The highest BCUT2D eigenvalue weighted by atomic mass is 32.1. The molecule has 166 valence electrons. The van der Waals surface area contributed by atoms with Gasteiger partial charge in [-0.15, -0.1) is 5.10 Å². The number of carbonyl (C=O) groups is 2. The molecule has 2 aromatic heterocycles. The van der Waals surface area contributed by atoms with E-state index in [1.807, 2.05) is 36.1 Å². The summed E-state index contributed by atoms with van der Waals surface area (Å²) < 4.78 is 3.96. The first-order chi connectivity index (χ1) is 15.6. The number of pyridine rings is 1. The zero-order valence-electron chi connectivity index (χ0n) is 18.4. The Morgan fingerprint density at radius 1 is 1.06 bits per heavy atom. The van der Waals surface area contributed by atoms with E-state index in [1.165, 1.54) is 0 Å². The summed E-state index contributed by atoms with van der Waals surface area (Å²) in [4.78, 5) is 34.9. The van der Waals surface area contributed by atoms with Crippen molar-refractivity contribution in [1.82, 2.24) is 24.4 Å². The van der Waals surface area contributed by atoms with E-state index in [0.717, 1.165) is 34.6 Å². The van der Waals surface area contributed by atoms with E-state index in [-0.39, 0.29) is 11.8 Å². The normalized spacial score (nSPS) is 16.4. The molecule has 7 nitrogen and oxygen atoms in total. The molecule has 0 saturated carbocycles. The summed E-state index contributed by atoms with van der Waals surface area (Å²) in [6.45, 7) is 5.81. The highest BCUT2D eigenvalue weighted by molar-refractivity contribution is 7.08. The Kier molecular flexibility index (Phi) is 6.90. The molecule has 1 aliphatic rings. The second kappa shape index (κ2) is 9.99. The first-order valence-electron chi connectivity index (χ1n) is 11.0. The molecule has 0 bridgehead atoms. The molecule has 8 heteroatoms. The third-order valence-electron chi connectivity index (χ3n) is 5.82. The van der Waals surface area contributed by atoms with Crippen LogP contribution in [0.1, 0.15) is 41.2 Å². The highest BCUT2D eigenvalue weighted by Gasteiger charge is 2.38. The molecule has 1 aromatic carbocycles. The van der Waals surface area contributed by atoms with Crippen LogP contribution in [-0.4, -0.2) is 61.9 Å². The summed E-state index contributed by atoms with van der Waals surface area (Å²) in [5.74, 6) is -0.125. The van der Waals surface area contributed by atoms with Crippen molar-refractivity contribution in [2.45, 2.75) is 39.2 Å². The maximum atomic E-state index is 13.4. The summed E-state index contributed by atoms with van der Waals surface area (Å²) in [7, 11) is 0. The Bertz CT molecular complexity index is 1070. The number of hydrogen-bond donors (Lipinski definition) is 0. The highest BCUT2D eigenvalue weighted by Crippen LogP contribution is 2.24. The monoisotopic (exact) mass is 449 g/mol. The van der Waals surface area contributed by atoms with E-state index in [9.17, 15) is 9.59 Å². The van der Waals surface area contributed by atoms with Crippen molar-refractivity contribution < 1.29 is 9.59 Å². The molecule has 3 aromatic rings. The van der Waals surface area contributed by atoms with Crippen LogP contribution in [0.25, 0.3) is 11.1 Å². The van der Waals surface area contributed by atoms with Crippen molar-refractivity contribution in [3.05, 3.63) is 64.9 Å². The van der Waals surface area contributed by atoms with Crippen LogP contribution in [0, 0.1) is 0 Å². The van der Waals surface area contributed by atoms with Gasteiger partial charge in [-0.3, -0.25) is 14.6 Å². The zero-order valence-corrected chi connectivity index (χ0v) is 19.2. The molecule has 3 heterocycles. The van der Waals surface area contributed by atoms with Gasteiger partial charge >= 0.3 is 0 Å². The fraction of sp³-hybridized carbons (Fsp3) is 0.375. The van der Waals surface area contributed by atoms with Gasteiger partial charge in [-0.2, -0.15) is 0 Å². The molecule has 4 rings (SSSR count). The number of aromatic nitrogens is 3. The van der Waals surface area contributed by atoms with Crippen LogP contribution in [0.3, 0.4) is 0 Å². The Morgan fingerprint density at radius 2 is 1.78 bits per heavy atom. The van der Waals surface area contributed by atoms with Crippen LogP contribution in [0.15, 0.2) is 48.8 Å². The molecule has 32 heavy (non-hydrogen) atoms. The minimum Gasteiger partial charge on any atom is -0.339 e. The molecule has 0 unspecified atom stereocenters. The number of nitrogens with zero attached hydrogens (tertiary/aromatic N) is 5. The average molecular weight is 450 g/mol. The van der Waals surface area contributed by atoms with Gasteiger partial charge in [0.1, 0.15) is 10.9 Å². The van der Waals surface area contributed by atoms with Gasteiger partial charge in [-0.25, -0.2) is 0 Å². The fourth-order valence-electron chi connectivity index (χ4n) is 4.10. The predicted molar refractivity (Wildman–Crippen MR) is 124 cm³/mol. The van der Waals surface area contributed by atoms with Crippen LogP contribution < -0.4 is 0 Å². The van der Waals surface area contributed by atoms with Crippen molar-refractivity contribution in [1.29, 1.82) is 0 Å². The quantitative estimate of drug-likeness (QED) is 0.552. The molecule has 1 aliphatic heterocycles. The topological polar surface area (TPSA) is 79.3 Å². The summed E-state index contributed by atoms with van der Waals surface area (Å²) in [5, 5.41) is 4.08. The van der Waals surface area contributed by atoms with E-state index >= 15 is 0 Å². The number of benzene rings is 1. The summed E-state index contributed by atoms with van der Waals surface area (Å²) >= 11 is 1.11. The Labute approximate surface area is 192 Å². The minimum atomic E-state index is -0.526. The van der Waals surface area contributed by atoms with Gasteiger partial charge in [0.2, 0.25) is 5.91 Å². The van der Waals surface area contributed by atoms with Crippen molar-refractivity contribution in [3.63, 3.8) is 0 Å². The van der Waals surface area contributed by atoms with E-state index in [1.54, 1.807) is 17.3 Å². The van der Waals surface area contributed by atoms with Gasteiger partial charge in [-0.05, 0) is 53.2 Å². The lowest BCUT2D eigenvalue weighted by molar-refractivity contribution is -0.140. The van der Waals surface area contributed by atoms with E-state index in [4.69, 9.17) is 0 Å². The van der Waals surface area contributed by atoms with Crippen LogP contribution in [0.5, 0.6) is 0 Å². The molecule has 1 saturated heterocycles. The van der Waals surface area contributed by atoms with Crippen LogP contribution in [0.4, 0.5) is 0 Å². The number of rotatable bonds is 7. The molecule has 1 fully saturated rings. The lowest BCUT2D eigenvalue weighted by atomic mass is 9.98. The fourth-order valence-corrected chi connectivity index (χ4v) is 4.81. The Balaban J connectivity index is 1.59. The summed E-state index contributed by atoms with van der Waals surface area (Å²) in [6, 6.07) is 11.6. The first kappa shape index (κ1) is 22.1. The SMILES string of the molecule is CCCN1CCN(C(=O)c2snnc2CC)[C@@H](Cc2ccc(-c3ccncc3)cc2)C1=O. The molecule has 0 radical (unpaired) electrons. The molecule has 0 N–H and O–H groups in total. The number of amides is 2. The van der Waals surface area contributed by atoms with Gasteiger partial charge in [0.05, 0.1) is 5.69 Å². The largest absolute Gasteiger partial charge is 0.339 e. The summed E-state index contributed by atoms with van der Waals surface area (Å²) in [6.07, 6.45) is 5.56. The Hall–Kier alpha value is -3.13. The van der Waals surface area contributed by atoms with Gasteiger partial charge < -0.3 is 9.80 Å². The minimum absolute atomic E-state index is 0.0141. The third kappa shape index (κ3) is 4.55. The van der Waals surface area contributed by atoms with Gasteiger partial charge in [0.15, 0.2) is 0 Å². The Morgan fingerprint density at radius 3 is 2.47 bits per heavy atom. The average Bonchev–Trinajstić information content (AvgIpc) is 3.31. The maximum absolute atomic E-state index is 13.4. The first-order valence-corrected chi connectivity index (χ1v) is 11.8. The third-order valence-corrected chi connectivity index (χ3v) is 6.58. The second-order valence-corrected chi connectivity index (χ2v) is 8.63. The van der Waals surface area contributed by atoms with Gasteiger partial charge in [0, 0.05) is 38.4 Å². The lowest BCUT2D eigenvalue weighted by Crippen LogP contribution is -2.59. The van der Waals surface area contributed by atoms with Crippen LogP contribution in [-0.2, 0) is 17.6 Å². The standard InChI is InChI=1S/C24H27N5O2S/c1-3-13-28-14-15-29(24(31)22-20(4-2)26-27-32-22)21(23(28)30)16-17-5-7-18(8-6-17)19-9-11-25-12-10-19/h5-12,21H,3-4,13-16H2,1-2H3/t21-/m0/s1. The maximum Gasteiger partial charge on any atom is 0.268 e. The molecule has 0 spiro atoms. The smallest absolute Gasteiger partial charge is 0.268 e. The van der Waals surface area contributed by atoms with E-state index < -0.39 is 6.04 Å².